The van der Waals surface area contributed by atoms with Gasteiger partial charge in [0.2, 0.25) is 0 Å². The van der Waals surface area contributed by atoms with Crippen LogP contribution in [-0.2, 0) is 0 Å². The van der Waals surface area contributed by atoms with Crippen LogP contribution in [0.3, 0.4) is 0 Å². The van der Waals surface area contributed by atoms with Crippen molar-refractivity contribution in [3.05, 3.63) is 65.6 Å². The van der Waals surface area contributed by atoms with Crippen molar-refractivity contribution in [1.29, 1.82) is 0 Å². The van der Waals surface area contributed by atoms with Gasteiger partial charge < -0.3 is 14.1 Å². The van der Waals surface area contributed by atoms with E-state index in [1.54, 1.807) is 35.3 Å². The van der Waals surface area contributed by atoms with Gasteiger partial charge in [0, 0.05) is 30.6 Å². The highest BCUT2D eigenvalue weighted by Gasteiger charge is 2.18. The molecule has 0 aliphatic carbocycles. The van der Waals surface area contributed by atoms with Crippen molar-refractivity contribution < 1.29 is 13.9 Å². The van der Waals surface area contributed by atoms with Crippen LogP contribution in [0.25, 0.3) is 11.0 Å². The Morgan fingerprint density at radius 3 is 2.55 bits per heavy atom. The first-order valence-corrected chi connectivity index (χ1v) is 6.73. The van der Waals surface area contributed by atoms with Crippen LogP contribution in [0.2, 0.25) is 0 Å². The summed E-state index contributed by atoms with van der Waals surface area (Å²) in [7, 11) is 1.52. The fourth-order valence-corrected chi connectivity index (χ4v) is 2.17. The number of ether oxygens (including phenoxy) is 1. The number of nitrogens with zero attached hydrogens (tertiary/aromatic N) is 1. The molecule has 1 amide bonds. The molecule has 5 heteroatoms. The van der Waals surface area contributed by atoms with Gasteiger partial charge in [-0.15, -0.1) is 13.2 Å². The maximum absolute atomic E-state index is 12.7. The fraction of sp³-hybridized carbons (Fsp3) is 0.176. The second-order valence-corrected chi connectivity index (χ2v) is 4.63. The first kappa shape index (κ1) is 15.6. The maximum Gasteiger partial charge on any atom is 0.337 e. The van der Waals surface area contributed by atoms with Crippen molar-refractivity contribution in [1.82, 2.24) is 4.90 Å². The maximum atomic E-state index is 12.7. The average Bonchev–Trinajstić information content (AvgIpc) is 2.52. The molecule has 0 saturated carbocycles. The number of amides is 1. The summed E-state index contributed by atoms with van der Waals surface area (Å²) in [4.78, 5) is 25.9. The molecule has 22 heavy (non-hydrogen) atoms. The molecule has 5 nitrogen and oxygen atoms in total. The quantitative estimate of drug-likeness (QED) is 0.607. The van der Waals surface area contributed by atoms with E-state index in [0.29, 0.717) is 29.8 Å². The lowest BCUT2D eigenvalue weighted by molar-refractivity contribution is 0.0792. The SMILES string of the molecule is C=CCN(CC=C)C(=O)c1cc(=O)oc2cc(OC)ccc12. The normalized spacial score (nSPS) is 10.2. The van der Waals surface area contributed by atoms with Gasteiger partial charge in [-0.3, -0.25) is 4.79 Å². The predicted octanol–water partition coefficient (Wildman–Crippen LogP) is 2.62. The summed E-state index contributed by atoms with van der Waals surface area (Å²) in [6.45, 7) is 8.00. The minimum Gasteiger partial charge on any atom is -0.497 e. The highest BCUT2D eigenvalue weighted by atomic mass is 16.5. The van der Waals surface area contributed by atoms with Gasteiger partial charge in [0.1, 0.15) is 11.3 Å². The summed E-state index contributed by atoms with van der Waals surface area (Å²) in [6, 6.07) is 6.20. The highest BCUT2D eigenvalue weighted by Crippen LogP contribution is 2.23. The smallest absolute Gasteiger partial charge is 0.337 e. The number of hydrogen-bond acceptors (Lipinski definition) is 4. The zero-order valence-electron chi connectivity index (χ0n) is 12.4. The van der Waals surface area contributed by atoms with Gasteiger partial charge in [-0.2, -0.15) is 0 Å². The Morgan fingerprint density at radius 2 is 1.95 bits per heavy atom. The monoisotopic (exact) mass is 299 g/mol. The van der Waals surface area contributed by atoms with Crippen molar-refractivity contribution in [2.24, 2.45) is 0 Å². The largest absolute Gasteiger partial charge is 0.497 e. The van der Waals surface area contributed by atoms with Crippen LogP contribution in [0.4, 0.5) is 0 Å². The molecule has 0 aliphatic heterocycles. The lowest BCUT2D eigenvalue weighted by atomic mass is 10.1. The summed E-state index contributed by atoms with van der Waals surface area (Å²) in [5, 5.41) is 0.559. The third-order valence-corrected chi connectivity index (χ3v) is 3.17. The standard InChI is InChI=1S/C17H17NO4/c1-4-8-18(9-5-2)17(20)14-11-16(19)22-15-10-12(21-3)6-7-13(14)15/h4-7,10-11H,1-2,8-9H2,3H3. The second-order valence-electron chi connectivity index (χ2n) is 4.63. The number of rotatable bonds is 6. The molecule has 1 aromatic heterocycles. The van der Waals surface area contributed by atoms with Crippen LogP contribution >= 0.6 is 0 Å². The predicted molar refractivity (Wildman–Crippen MR) is 85.3 cm³/mol. The van der Waals surface area contributed by atoms with E-state index in [1.807, 2.05) is 0 Å². The minimum absolute atomic E-state index is 0.275. The summed E-state index contributed by atoms with van der Waals surface area (Å²) in [6.07, 6.45) is 3.25. The molecule has 0 radical (unpaired) electrons. The van der Waals surface area contributed by atoms with E-state index in [9.17, 15) is 9.59 Å². The van der Waals surface area contributed by atoms with E-state index in [1.165, 1.54) is 13.2 Å². The number of carbonyl (C=O) groups is 1. The van der Waals surface area contributed by atoms with E-state index in [-0.39, 0.29) is 11.5 Å². The van der Waals surface area contributed by atoms with E-state index in [4.69, 9.17) is 9.15 Å². The van der Waals surface area contributed by atoms with Gasteiger partial charge in [0.25, 0.3) is 5.91 Å². The molecule has 0 aliphatic rings. The van der Waals surface area contributed by atoms with Crippen LogP contribution in [-0.4, -0.2) is 31.0 Å². The summed E-state index contributed by atoms with van der Waals surface area (Å²) in [5.41, 5.74) is 0.0196. The molecule has 2 aromatic rings. The minimum atomic E-state index is -0.582. The molecule has 0 bridgehead atoms. The molecule has 1 aromatic carbocycles. The Balaban J connectivity index is 2.58. The number of carbonyl (C=O) groups excluding carboxylic acids is 1. The molecule has 0 fully saturated rings. The van der Waals surface area contributed by atoms with Crippen LogP contribution in [0.5, 0.6) is 5.75 Å². The summed E-state index contributed by atoms with van der Waals surface area (Å²) in [5.74, 6) is 0.275. The Labute approximate surface area is 128 Å². The molecular weight excluding hydrogens is 282 g/mol. The van der Waals surface area contributed by atoms with Gasteiger partial charge in [0.15, 0.2) is 0 Å². The lowest BCUT2D eigenvalue weighted by Gasteiger charge is -2.19. The Hall–Kier alpha value is -2.82. The molecule has 0 N–H and O–H groups in total. The number of benzene rings is 1. The average molecular weight is 299 g/mol. The van der Waals surface area contributed by atoms with Crippen LogP contribution in [0.1, 0.15) is 10.4 Å². The summed E-state index contributed by atoms with van der Waals surface area (Å²) < 4.78 is 10.3. The number of fused-ring (bicyclic) bond motifs is 1. The third kappa shape index (κ3) is 3.09. The molecule has 114 valence electrons. The zero-order chi connectivity index (χ0) is 16.1. The third-order valence-electron chi connectivity index (χ3n) is 3.17. The Bertz CT molecular complexity index is 766. The molecule has 0 spiro atoms. The molecule has 0 unspecified atom stereocenters. The molecular formula is C17H17NO4. The van der Waals surface area contributed by atoms with E-state index in [0.717, 1.165) is 0 Å². The van der Waals surface area contributed by atoms with Gasteiger partial charge in [0.05, 0.1) is 12.7 Å². The fourth-order valence-electron chi connectivity index (χ4n) is 2.17. The van der Waals surface area contributed by atoms with Crippen LogP contribution in [0, 0.1) is 0 Å². The van der Waals surface area contributed by atoms with Crippen molar-refractivity contribution in [3.63, 3.8) is 0 Å². The van der Waals surface area contributed by atoms with Gasteiger partial charge in [-0.1, -0.05) is 12.2 Å². The number of methoxy groups -OCH3 is 1. The van der Waals surface area contributed by atoms with Crippen molar-refractivity contribution >= 4 is 16.9 Å². The van der Waals surface area contributed by atoms with Crippen LogP contribution in [0.15, 0.2) is 58.8 Å². The van der Waals surface area contributed by atoms with E-state index in [2.05, 4.69) is 13.2 Å². The molecule has 2 rings (SSSR count). The molecule has 0 atom stereocenters. The molecule has 1 heterocycles. The van der Waals surface area contributed by atoms with Gasteiger partial charge in [-0.05, 0) is 12.1 Å². The Morgan fingerprint density at radius 1 is 1.27 bits per heavy atom. The van der Waals surface area contributed by atoms with E-state index >= 15 is 0 Å². The topological polar surface area (TPSA) is 59.8 Å². The second kappa shape index (κ2) is 6.76. The van der Waals surface area contributed by atoms with Crippen molar-refractivity contribution in [2.45, 2.75) is 0 Å². The zero-order valence-corrected chi connectivity index (χ0v) is 12.4. The first-order chi connectivity index (χ1) is 10.6. The number of hydrogen-bond donors (Lipinski definition) is 0. The summed E-state index contributed by atoms with van der Waals surface area (Å²) >= 11 is 0. The molecule has 0 saturated heterocycles. The Kier molecular flexibility index (Phi) is 4.78. The van der Waals surface area contributed by atoms with Gasteiger partial charge in [-0.25, -0.2) is 4.79 Å². The first-order valence-electron chi connectivity index (χ1n) is 6.73. The van der Waals surface area contributed by atoms with Crippen LogP contribution < -0.4 is 10.4 Å². The lowest BCUT2D eigenvalue weighted by Crippen LogP contribution is -2.32. The van der Waals surface area contributed by atoms with Gasteiger partial charge >= 0.3 is 5.63 Å². The highest BCUT2D eigenvalue weighted by molar-refractivity contribution is 6.05. The van der Waals surface area contributed by atoms with Crippen molar-refractivity contribution in [3.8, 4) is 5.75 Å². The van der Waals surface area contributed by atoms with Crippen molar-refractivity contribution in [2.75, 3.05) is 20.2 Å². The van der Waals surface area contributed by atoms with E-state index < -0.39 is 5.63 Å².